The van der Waals surface area contributed by atoms with Gasteiger partial charge in [-0.2, -0.15) is 0 Å². The van der Waals surface area contributed by atoms with Gasteiger partial charge in [0.1, 0.15) is 22.7 Å². The van der Waals surface area contributed by atoms with Crippen LogP contribution in [0.25, 0.3) is 11.0 Å². The van der Waals surface area contributed by atoms with Gasteiger partial charge in [0.25, 0.3) is 5.91 Å². The molecule has 0 spiro atoms. The first-order valence-corrected chi connectivity index (χ1v) is 11.5. The summed E-state index contributed by atoms with van der Waals surface area (Å²) in [6.45, 7) is 4.26. The molecule has 178 valence electrons. The van der Waals surface area contributed by atoms with E-state index in [2.05, 4.69) is 20.6 Å². The number of para-hydroxylation sites is 1. The predicted octanol–water partition coefficient (Wildman–Crippen LogP) is 5.40. The van der Waals surface area contributed by atoms with Gasteiger partial charge in [-0.1, -0.05) is 29.8 Å². The van der Waals surface area contributed by atoms with Crippen LogP contribution in [0.15, 0.2) is 60.9 Å². The number of carbonyl (C=O) groups is 2. The Morgan fingerprint density at radius 3 is 2.66 bits per heavy atom. The van der Waals surface area contributed by atoms with Crippen LogP contribution in [0.2, 0.25) is 5.02 Å². The molecule has 1 aliphatic heterocycles. The molecule has 0 saturated carbocycles. The van der Waals surface area contributed by atoms with Crippen molar-refractivity contribution in [3.63, 3.8) is 0 Å². The Balaban J connectivity index is 1.51. The number of nitrogens with one attached hydrogen (secondary N) is 3. The number of halogens is 1. The summed E-state index contributed by atoms with van der Waals surface area (Å²) in [7, 11) is 0. The summed E-state index contributed by atoms with van der Waals surface area (Å²) in [5.74, 6) is 0.667. The van der Waals surface area contributed by atoms with Crippen LogP contribution in [0, 0.1) is 0 Å². The minimum absolute atomic E-state index is 0.168. The third-order valence-corrected chi connectivity index (χ3v) is 6.17. The standard InChI is InChI=1S/C26H23ClN4O4/c1-3-34-14-26(2)25(33)30-20-13-29-24-21(22(20)31-26)18(12-28-24)23(32)17-10-9-16(11-19(17)27)35-15-7-5-4-6-8-15/h4-13,31H,3,14H2,1-2H3,(H,28,29)(H,30,33)/t26-/m1/s1. The van der Waals surface area contributed by atoms with E-state index in [9.17, 15) is 9.59 Å². The van der Waals surface area contributed by atoms with Gasteiger partial charge in [0.15, 0.2) is 5.78 Å². The van der Waals surface area contributed by atoms with E-state index >= 15 is 0 Å². The largest absolute Gasteiger partial charge is 0.457 e. The fourth-order valence-electron chi connectivity index (χ4n) is 4.01. The molecule has 0 fully saturated rings. The first-order valence-electron chi connectivity index (χ1n) is 11.1. The van der Waals surface area contributed by atoms with Crippen LogP contribution in [0.3, 0.4) is 0 Å². The van der Waals surface area contributed by atoms with Gasteiger partial charge in [-0.25, -0.2) is 4.98 Å². The fraction of sp³-hybridized carbons (Fsp3) is 0.192. The minimum Gasteiger partial charge on any atom is -0.457 e. The van der Waals surface area contributed by atoms with Gasteiger partial charge < -0.3 is 25.1 Å². The lowest BCUT2D eigenvalue weighted by atomic mass is 9.96. The van der Waals surface area contributed by atoms with Crippen molar-refractivity contribution in [1.29, 1.82) is 0 Å². The van der Waals surface area contributed by atoms with Crippen molar-refractivity contribution in [2.75, 3.05) is 23.8 Å². The molecule has 0 saturated heterocycles. The number of amides is 1. The van der Waals surface area contributed by atoms with Crippen LogP contribution in [0.4, 0.5) is 11.4 Å². The van der Waals surface area contributed by atoms with E-state index in [0.717, 1.165) is 0 Å². The number of aromatic amines is 1. The van der Waals surface area contributed by atoms with Crippen LogP contribution in [-0.2, 0) is 9.53 Å². The maximum absolute atomic E-state index is 13.6. The van der Waals surface area contributed by atoms with E-state index in [1.54, 1.807) is 37.5 Å². The molecule has 35 heavy (non-hydrogen) atoms. The topological polar surface area (TPSA) is 105 Å². The van der Waals surface area contributed by atoms with E-state index in [0.29, 0.717) is 51.6 Å². The third-order valence-electron chi connectivity index (χ3n) is 5.86. The van der Waals surface area contributed by atoms with Crippen molar-refractivity contribution < 1.29 is 19.1 Å². The number of aromatic nitrogens is 2. The van der Waals surface area contributed by atoms with E-state index in [1.807, 2.05) is 37.3 Å². The highest BCUT2D eigenvalue weighted by Crippen LogP contribution is 2.39. The third kappa shape index (κ3) is 4.22. The molecule has 3 N–H and O–H groups in total. The van der Waals surface area contributed by atoms with Crippen molar-refractivity contribution in [2.45, 2.75) is 19.4 Å². The zero-order valence-electron chi connectivity index (χ0n) is 19.1. The number of pyridine rings is 1. The molecule has 1 amide bonds. The minimum atomic E-state index is -1.01. The van der Waals surface area contributed by atoms with Crippen LogP contribution >= 0.6 is 11.6 Å². The van der Waals surface area contributed by atoms with E-state index in [-0.39, 0.29) is 23.3 Å². The van der Waals surface area contributed by atoms with E-state index in [4.69, 9.17) is 21.1 Å². The number of anilines is 2. The Hall–Kier alpha value is -3.88. The average molecular weight is 491 g/mol. The van der Waals surface area contributed by atoms with Crippen LogP contribution in [0.1, 0.15) is 29.8 Å². The zero-order valence-corrected chi connectivity index (χ0v) is 19.9. The summed E-state index contributed by atoms with van der Waals surface area (Å²) in [6.07, 6.45) is 3.15. The molecule has 2 aromatic carbocycles. The number of nitrogens with zero attached hydrogens (tertiary/aromatic N) is 1. The maximum atomic E-state index is 13.6. The lowest BCUT2D eigenvalue weighted by Gasteiger charge is -2.35. The fourth-order valence-corrected chi connectivity index (χ4v) is 4.27. The summed E-state index contributed by atoms with van der Waals surface area (Å²) < 4.78 is 11.3. The smallest absolute Gasteiger partial charge is 0.252 e. The Bertz CT molecular complexity index is 1440. The molecule has 0 bridgehead atoms. The molecule has 2 aromatic heterocycles. The Kier molecular flexibility index (Phi) is 5.92. The highest BCUT2D eigenvalue weighted by molar-refractivity contribution is 6.36. The van der Waals surface area contributed by atoms with Gasteiger partial charge in [0, 0.05) is 24.4 Å². The molecule has 0 aliphatic carbocycles. The van der Waals surface area contributed by atoms with Crippen LogP contribution < -0.4 is 15.4 Å². The number of hydrogen-bond donors (Lipinski definition) is 3. The first-order chi connectivity index (χ1) is 16.9. The molecule has 4 aromatic rings. The lowest BCUT2D eigenvalue weighted by Crippen LogP contribution is -2.53. The summed E-state index contributed by atoms with van der Waals surface area (Å²) in [5.41, 5.74) is 1.29. The molecule has 0 radical (unpaired) electrons. The molecule has 1 aliphatic rings. The second kappa shape index (κ2) is 9.05. The zero-order chi connectivity index (χ0) is 24.6. The average Bonchev–Trinajstić information content (AvgIpc) is 3.29. The van der Waals surface area contributed by atoms with Gasteiger partial charge in [-0.15, -0.1) is 0 Å². The monoisotopic (exact) mass is 490 g/mol. The molecule has 9 heteroatoms. The number of H-pyrrole nitrogens is 1. The SMILES string of the molecule is CCOC[C@@]1(C)Nc2c(cnc3[nH]cc(C(=O)c4ccc(Oc5ccccc5)cc4Cl)c23)NC1=O. The summed E-state index contributed by atoms with van der Waals surface area (Å²) in [4.78, 5) is 33.7. The number of hydrogen-bond acceptors (Lipinski definition) is 6. The molecule has 8 nitrogen and oxygen atoms in total. The Morgan fingerprint density at radius 1 is 1.11 bits per heavy atom. The van der Waals surface area contributed by atoms with Gasteiger partial charge >= 0.3 is 0 Å². The van der Waals surface area contributed by atoms with Gasteiger partial charge in [-0.3, -0.25) is 9.59 Å². The Labute approximate surface area is 206 Å². The second-order valence-electron chi connectivity index (χ2n) is 8.41. The van der Waals surface area contributed by atoms with Crippen molar-refractivity contribution >= 4 is 45.7 Å². The molecular formula is C26H23ClN4O4. The van der Waals surface area contributed by atoms with E-state index < -0.39 is 5.54 Å². The molecule has 1 atom stereocenters. The van der Waals surface area contributed by atoms with Gasteiger partial charge in [0.2, 0.25) is 0 Å². The quantitative estimate of drug-likeness (QED) is 0.300. The highest BCUT2D eigenvalue weighted by Gasteiger charge is 2.39. The lowest BCUT2D eigenvalue weighted by molar-refractivity contribution is -0.122. The van der Waals surface area contributed by atoms with Gasteiger partial charge in [0.05, 0.1) is 40.2 Å². The van der Waals surface area contributed by atoms with Crippen LogP contribution in [0.5, 0.6) is 11.5 Å². The second-order valence-corrected chi connectivity index (χ2v) is 8.81. The van der Waals surface area contributed by atoms with Crippen molar-refractivity contribution in [2.24, 2.45) is 0 Å². The van der Waals surface area contributed by atoms with Gasteiger partial charge in [-0.05, 0) is 38.1 Å². The molecule has 5 rings (SSSR count). The van der Waals surface area contributed by atoms with Crippen molar-refractivity contribution in [3.05, 3.63) is 77.1 Å². The first kappa shape index (κ1) is 22.9. The summed E-state index contributed by atoms with van der Waals surface area (Å²) in [6, 6.07) is 14.3. The number of carbonyl (C=O) groups excluding carboxylic acids is 2. The number of benzene rings is 2. The highest BCUT2D eigenvalue weighted by atomic mass is 35.5. The number of ketones is 1. The van der Waals surface area contributed by atoms with Crippen molar-refractivity contribution in [3.8, 4) is 11.5 Å². The predicted molar refractivity (Wildman–Crippen MR) is 135 cm³/mol. The van der Waals surface area contributed by atoms with E-state index in [1.165, 1.54) is 0 Å². The normalized spacial score (nSPS) is 16.9. The Morgan fingerprint density at radius 2 is 1.91 bits per heavy atom. The summed E-state index contributed by atoms with van der Waals surface area (Å²) in [5, 5.41) is 6.99. The summed E-state index contributed by atoms with van der Waals surface area (Å²) >= 11 is 6.51. The van der Waals surface area contributed by atoms with Crippen LogP contribution in [-0.4, -0.2) is 40.4 Å². The van der Waals surface area contributed by atoms with Crippen molar-refractivity contribution in [1.82, 2.24) is 9.97 Å². The molecule has 3 heterocycles. The molecular weight excluding hydrogens is 468 g/mol. The maximum Gasteiger partial charge on any atom is 0.252 e. The molecule has 0 unspecified atom stereocenters. The number of rotatable bonds is 7. The number of fused-ring (bicyclic) bond motifs is 3. The number of ether oxygens (including phenoxy) is 2.